The van der Waals surface area contributed by atoms with Crippen molar-refractivity contribution >= 4 is 17.7 Å². The number of ether oxygens (including phenoxy) is 1. The molecule has 1 aromatic rings. The van der Waals surface area contributed by atoms with Crippen molar-refractivity contribution in [3.8, 4) is 0 Å². The number of rotatable bonds is 4. The molecule has 114 valence electrons. The number of carbonyl (C=O) groups is 2. The molecule has 1 fully saturated rings. The molecule has 0 radical (unpaired) electrons. The lowest BCUT2D eigenvalue weighted by atomic mass is 10.1. The number of anilines is 1. The minimum Gasteiger partial charge on any atom is -0.467 e. The largest absolute Gasteiger partial charge is 0.467 e. The maximum absolute atomic E-state index is 12.3. The van der Waals surface area contributed by atoms with Crippen LogP contribution in [-0.2, 0) is 9.53 Å². The maximum atomic E-state index is 12.3. The summed E-state index contributed by atoms with van der Waals surface area (Å²) in [7, 11) is 1.22. The molecule has 2 rings (SSSR count). The number of methoxy groups -OCH3 is 1. The van der Waals surface area contributed by atoms with E-state index in [1.165, 1.54) is 7.11 Å². The van der Waals surface area contributed by atoms with Crippen LogP contribution < -0.4 is 4.90 Å². The second kappa shape index (κ2) is 6.13. The molecule has 1 saturated heterocycles. The Morgan fingerprint density at radius 3 is 2.62 bits per heavy atom. The Balaban J connectivity index is 2.22. The highest BCUT2D eigenvalue weighted by molar-refractivity contribution is 5.94. The van der Waals surface area contributed by atoms with Crippen LogP contribution in [0.2, 0.25) is 0 Å². The molecule has 2 amide bonds. The van der Waals surface area contributed by atoms with Gasteiger partial charge in [-0.25, -0.2) is 9.59 Å². The fourth-order valence-corrected chi connectivity index (χ4v) is 2.38. The molecule has 1 N–H and O–H groups in total. The fourth-order valence-electron chi connectivity index (χ4n) is 2.38. The monoisotopic (exact) mass is 292 g/mol. The summed E-state index contributed by atoms with van der Waals surface area (Å²) < 4.78 is 4.52. The molecule has 0 saturated carbocycles. The van der Waals surface area contributed by atoms with Gasteiger partial charge in [0.1, 0.15) is 0 Å². The molecule has 0 aromatic heterocycles. The highest BCUT2D eigenvalue weighted by Gasteiger charge is 2.31. The Morgan fingerprint density at radius 2 is 2.05 bits per heavy atom. The third-order valence-corrected chi connectivity index (χ3v) is 3.59. The van der Waals surface area contributed by atoms with E-state index in [0.717, 1.165) is 0 Å². The van der Waals surface area contributed by atoms with E-state index in [9.17, 15) is 14.7 Å². The van der Waals surface area contributed by atoms with Gasteiger partial charge in [0.15, 0.2) is 6.10 Å². The van der Waals surface area contributed by atoms with Gasteiger partial charge in [-0.1, -0.05) is 12.1 Å². The summed E-state index contributed by atoms with van der Waals surface area (Å²) in [5, 5.41) is 9.87. The zero-order valence-corrected chi connectivity index (χ0v) is 12.4. The number of amides is 2. The van der Waals surface area contributed by atoms with E-state index in [1.807, 2.05) is 13.8 Å². The van der Waals surface area contributed by atoms with Crippen LogP contribution in [-0.4, -0.2) is 48.2 Å². The average Bonchev–Trinajstić information content (AvgIpc) is 2.87. The van der Waals surface area contributed by atoms with E-state index in [1.54, 1.807) is 34.1 Å². The molecule has 1 unspecified atom stereocenters. The summed E-state index contributed by atoms with van der Waals surface area (Å²) in [5.41, 5.74) is 1.08. The Morgan fingerprint density at radius 1 is 1.33 bits per heavy atom. The molecule has 1 aromatic carbocycles. The lowest BCUT2D eigenvalue weighted by molar-refractivity contribution is -0.150. The Hall–Kier alpha value is -2.08. The number of aliphatic hydroxyl groups excluding tert-OH is 1. The third-order valence-electron chi connectivity index (χ3n) is 3.59. The van der Waals surface area contributed by atoms with Crippen molar-refractivity contribution in [1.29, 1.82) is 0 Å². The summed E-state index contributed by atoms with van der Waals surface area (Å²) >= 11 is 0. The first-order valence-corrected chi connectivity index (χ1v) is 6.89. The first-order valence-electron chi connectivity index (χ1n) is 6.89. The molecular weight excluding hydrogens is 272 g/mol. The molecule has 1 atom stereocenters. The van der Waals surface area contributed by atoms with Crippen LogP contribution >= 0.6 is 0 Å². The van der Waals surface area contributed by atoms with Crippen molar-refractivity contribution in [1.82, 2.24) is 4.90 Å². The van der Waals surface area contributed by atoms with Crippen LogP contribution in [0.1, 0.15) is 25.5 Å². The second-order valence-corrected chi connectivity index (χ2v) is 5.24. The lowest BCUT2D eigenvalue weighted by Gasteiger charge is -2.22. The minimum absolute atomic E-state index is 0.0605. The van der Waals surface area contributed by atoms with Crippen LogP contribution in [0, 0.1) is 0 Å². The minimum atomic E-state index is -1.34. The van der Waals surface area contributed by atoms with Gasteiger partial charge in [0, 0.05) is 24.8 Å². The maximum Gasteiger partial charge on any atom is 0.339 e. The van der Waals surface area contributed by atoms with Gasteiger partial charge in [-0.2, -0.15) is 0 Å². The molecule has 0 bridgehead atoms. The van der Waals surface area contributed by atoms with Crippen molar-refractivity contribution in [3.05, 3.63) is 29.8 Å². The van der Waals surface area contributed by atoms with Gasteiger partial charge in [0.25, 0.3) is 0 Å². The number of hydrogen-bond donors (Lipinski definition) is 1. The zero-order valence-electron chi connectivity index (χ0n) is 12.4. The highest BCUT2D eigenvalue weighted by atomic mass is 16.5. The van der Waals surface area contributed by atoms with Crippen molar-refractivity contribution in [2.24, 2.45) is 0 Å². The van der Waals surface area contributed by atoms with E-state index in [2.05, 4.69) is 4.74 Å². The second-order valence-electron chi connectivity index (χ2n) is 5.24. The molecule has 1 aliphatic heterocycles. The average molecular weight is 292 g/mol. The number of nitrogens with zero attached hydrogens (tertiary/aromatic N) is 2. The Kier molecular flexibility index (Phi) is 4.47. The first kappa shape index (κ1) is 15.3. The van der Waals surface area contributed by atoms with Gasteiger partial charge in [-0.05, 0) is 31.5 Å². The predicted octanol–water partition coefficient (Wildman–Crippen LogP) is 1.54. The lowest BCUT2D eigenvalue weighted by Crippen LogP contribution is -2.36. The smallest absolute Gasteiger partial charge is 0.339 e. The number of esters is 1. The molecule has 6 nitrogen and oxygen atoms in total. The fraction of sp³-hybridized carbons (Fsp3) is 0.467. The van der Waals surface area contributed by atoms with E-state index < -0.39 is 12.1 Å². The molecule has 1 heterocycles. The number of urea groups is 1. The SMILES string of the molecule is COC(=O)C(O)c1cccc(N2CCN(C(C)C)C2=O)c1. The summed E-state index contributed by atoms with van der Waals surface area (Å²) in [6.07, 6.45) is -1.34. The van der Waals surface area contributed by atoms with Crippen LogP contribution in [0.15, 0.2) is 24.3 Å². The summed E-state index contributed by atoms with van der Waals surface area (Å²) in [4.78, 5) is 27.1. The van der Waals surface area contributed by atoms with E-state index in [0.29, 0.717) is 24.3 Å². The normalized spacial score (nSPS) is 16.5. The van der Waals surface area contributed by atoms with E-state index in [4.69, 9.17) is 0 Å². The van der Waals surface area contributed by atoms with Crippen molar-refractivity contribution in [2.45, 2.75) is 26.0 Å². The molecule has 0 aliphatic carbocycles. The third kappa shape index (κ3) is 3.00. The standard InChI is InChI=1S/C15H20N2O4/c1-10(2)16-7-8-17(15(16)20)12-6-4-5-11(9-12)13(18)14(19)21-3/h4-6,9-10,13,18H,7-8H2,1-3H3. The number of hydrogen-bond acceptors (Lipinski definition) is 4. The zero-order chi connectivity index (χ0) is 15.6. The van der Waals surface area contributed by atoms with Crippen LogP contribution in [0.3, 0.4) is 0 Å². The van der Waals surface area contributed by atoms with Crippen LogP contribution in [0.5, 0.6) is 0 Å². The summed E-state index contributed by atoms with van der Waals surface area (Å²) in [5.74, 6) is -0.719. The molecular formula is C15H20N2O4. The highest BCUT2D eigenvalue weighted by Crippen LogP contribution is 2.25. The van der Waals surface area contributed by atoms with E-state index in [-0.39, 0.29) is 12.1 Å². The van der Waals surface area contributed by atoms with Crippen molar-refractivity contribution < 1.29 is 19.4 Å². The number of aliphatic hydroxyl groups is 1. The van der Waals surface area contributed by atoms with Gasteiger partial charge in [-0.15, -0.1) is 0 Å². The number of carbonyl (C=O) groups excluding carboxylic acids is 2. The molecule has 6 heteroatoms. The summed E-state index contributed by atoms with van der Waals surface area (Å²) in [6.45, 7) is 5.20. The van der Waals surface area contributed by atoms with Gasteiger partial charge in [-0.3, -0.25) is 4.90 Å². The van der Waals surface area contributed by atoms with Crippen molar-refractivity contribution in [3.63, 3.8) is 0 Å². The molecule has 1 aliphatic rings. The van der Waals surface area contributed by atoms with E-state index >= 15 is 0 Å². The number of benzene rings is 1. The predicted molar refractivity (Wildman–Crippen MR) is 78.0 cm³/mol. The van der Waals surface area contributed by atoms with Gasteiger partial charge in [0.2, 0.25) is 0 Å². The Labute approximate surface area is 123 Å². The Bertz CT molecular complexity index is 544. The molecule has 21 heavy (non-hydrogen) atoms. The summed E-state index contributed by atoms with van der Waals surface area (Å²) in [6, 6.07) is 6.85. The topological polar surface area (TPSA) is 70.1 Å². The van der Waals surface area contributed by atoms with Crippen LogP contribution in [0.25, 0.3) is 0 Å². The van der Waals surface area contributed by atoms with Crippen molar-refractivity contribution in [2.75, 3.05) is 25.1 Å². The first-order chi connectivity index (χ1) is 9.95. The quantitative estimate of drug-likeness (QED) is 0.855. The molecule has 0 spiro atoms. The van der Waals surface area contributed by atoms with Gasteiger partial charge >= 0.3 is 12.0 Å². The van der Waals surface area contributed by atoms with Gasteiger partial charge in [0.05, 0.1) is 7.11 Å². The van der Waals surface area contributed by atoms with Crippen LogP contribution in [0.4, 0.5) is 10.5 Å². The van der Waals surface area contributed by atoms with Gasteiger partial charge < -0.3 is 14.7 Å².